The molecule has 3 N–H and O–H groups in total. The molecule has 0 saturated carbocycles. The number of nitrogens with two attached hydrogens (primary N) is 1. The topological polar surface area (TPSA) is 104 Å². The van der Waals surface area contributed by atoms with E-state index in [0.717, 1.165) is 16.6 Å². The lowest BCUT2D eigenvalue weighted by atomic mass is 10.2. The largest absolute Gasteiger partial charge is 0.454 e. The molecule has 1 aliphatic rings. The first-order chi connectivity index (χ1) is 13.8. The van der Waals surface area contributed by atoms with E-state index in [-0.39, 0.29) is 18.4 Å². The molecule has 8 nitrogen and oxygen atoms in total. The Morgan fingerprint density at radius 3 is 2.82 bits per heavy atom. The van der Waals surface area contributed by atoms with Crippen molar-refractivity contribution < 1.29 is 14.2 Å². The van der Waals surface area contributed by atoms with Gasteiger partial charge in [-0.1, -0.05) is 18.2 Å². The number of nitrogens with zero attached hydrogens (tertiary/aromatic N) is 3. The summed E-state index contributed by atoms with van der Waals surface area (Å²) in [6.07, 6.45) is 3.10. The van der Waals surface area contributed by atoms with E-state index in [1.54, 1.807) is 6.20 Å². The van der Waals surface area contributed by atoms with E-state index in [1.807, 2.05) is 48.5 Å². The van der Waals surface area contributed by atoms with Crippen molar-refractivity contribution in [1.29, 1.82) is 0 Å². The van der Waals surface area contributed by atoms with E-state index in [2.05, 4.69) is 20.3 Å². The summed E-state index contributed by atoms with van der Waals surface area (Å²) < 4.78 is 16.7. The lowest BCUT2D eigenvalue weighted by Gasteiger charge is -2.13. The van der Waals surface area contributed by atoms with Gasteiger partial charge in [0.2, 0.25) is 12.7 Å². The maximum atomic E-state index is 6.25. The fourth-order valence-corrected chi connectivity index (χ4v) is 2.93. The van der Waals surface area contributed by atoms with Crippen LogP contribution in [0.2, 0.25) is 0 Å². The molecule has 0 unspecified atom stereocenters. The van der Waals surface area contributed by atoms with Gasteiger partial charge in [0.1, 0.15) is 17.5 Å². The van der Waals surface area contributed by atoms with E-state index in [0.29, 0.717) is 23.1 Å². The molecule has 8 heteroatoms. The lowest BCUT2D eigenvalue weighted by molar-refractivity contribution is 0.174. The van der Waals surface area contributed by atoms with E-state index in [1.165, 1.54) is 6.33 Å². The Hall–Kier alpha value is -4.07. The van der Waals surface area contributed by atoms with Gasteiger partial charge in [-0.05, 0) is 24.3 Å². The minimum Gasteiger partial charge on any atom is -0.454 e. The molecule has 138 valence electrons. The van der Waals surface area contributed by atoms with Gasteiger partial charge in [-0.3, -0.25) is 4.98 Å². The van der Waals surface area contributed by atoms with Gasteiger partial charge >= 0.3 is 0 Å². The number of hydrogen-bond donors (Lipinski definition) is 2. The molecule has 0 bridgehead atoms. The average Bonchev–Trinajstić information content (AvgIpc) is 3.19. The molecule has 0 radical (unpaired) electrons. The Morgan fingerprint density at radius 1 is 0.964 bits per heavy atom. The van der Waals surface area contributed by atoms with Crippen molar-refractivity contribution in [3.05, 3.63) is 61.1 Å². The zero-order valence-corrected chi connectivity index (χ0v) is 14.6. The number of aromatic nitrogens is 3. The Bertz CT molecular complexity index is 1180. The third-order valence-electron chi connectivity index (χ3n) is 4.28. The van der Waals surface area contributed by atoms with Crippen molar-refractivity contribution in [3.8, 4) is 23.1 Å². The Kier molecular flexibility index (Phi) is 3.79. The van der Waals surface area contributed by atoms with Gasteiger partial charge in [-0.2, -0.15) is 4.98 Å². The van der Waals surface area contributed by atoms with Gasteiger partial charge < -0.3 is 25.3 Å². The van der Waals surface area contributed by atoms with Crippen LogP contribution < -0.4 is 25.3 Å². The van der Waals surface area contributed by atoms with Crippen LogP contribution in [0.1, 0.15) is 0 Å². The molecule has 4 aromatic rings. The fraction of sp³-hybridized carbons (Fsp3) is 0.0500. The molecule has 0 saturated heterocycles. The average molecular weight is 373 g/mol. The second-order valence-corrected chi connectivity index (χ2v) is 6.07. The van der Waals surface area contributed by atoms with Crippen molar-refractivity contribution in [2.45, 2.75) is 0 Å². The highest BCUT2D eigenvalue weighted by Gasteiger charge is 2.16. The zero-order valence-electron chi connectivity index (χ0n) is 14.6. The van der Waals surface area contributed by atoms with Crippen molar-refractivity contribution >= 4 is 28.1 Å². The summed E-state index contributed by atoms with van der Waals surface area (Å²) in [7, 11) is 0. The van der Waals surface area contributed by atoms with Crippen LogP contribution in [-0.4, -0.2) is 21.7 Å². The molecule has 0 fully saturated rings. The first-order valence-electron chi connectivity index (χ1n) is 8.57. The number of pyridine rings is 1. The lowest BCUT2D eigenvalue weighted by Crippen LogP contribution is -2.03. The summed E-state index contributed by atoms with van der Waals surface area (Å²) in [6, 6.07) is 15.0. The highest BCUT2D eigenvalue weighted by atomic mass is 16.7. The van der Waals surface area contributed by atoms with Crippen molar-refractivity contribution in [1.82, 2.24) is 15.0 Å². The Labute approximate surface area is 159 Å². The van der Waals surface area contributed by atoms with Gasteiger partial charge in [0.25, 0.3) is 0 Å². The first kappa shape index (κ1) is 16.1. The molecule has 5 rings (SSSR count). The van der Waals surface area contributed by atoms with Gasteiger partial charge in [0, 0.05) is 23.3 Å². The minimum absolute atomic E-state index is 0.214. The second-order valence-electron chi connectivity index (χ2n) is 6.07. The minimum atomic E-state index is 0.214. The fourth-order valence-electron chi connectivity index (χ4n) is 2.93. The first-order valence-corrected chi connectivity index (χ1v) is 8.57. The van der Waals surface area contributed by atoms with E-state index in [4.69, 9.17) is 19.9 Å². The number of para-hydroxylation sites is 1. The monoisotopic (exact) mass is 373 g/mol. The normalized spacial score (nSPS) is 12.1. The molecular formula is C20H15N5O3. The molecule has 3 heterocycles. The summed E-state index contributed by atoms with van der Waals surface area (Å²) in [5, 5.41) is 4.12. The molecule has 0 spiro atoms. The molecule has 28 heavy (non-hydrogen) atoms. The molecular weight excluding hydrogens is 358 g/mol. The summed E-state index contributed by atoms with van der Waals surface area (Å²) >= 11 is 0. The van der Waals surface area contributed by atoms with Gasteiger partial charge in [-0.15, -0.1) is 0 Å². The number of hydrogen-bond acceptors (Lipinski definition) is 8. The van der Waals surface area contributed by atoms with Gasteiger partial charge in [0.15, 0.2) is 23.1 Å². The van der Waals surface area contributed by atoms with Gasteiger partial charge in [0.05, 0.1) is 0 Å². The van der Waals surface area contributed by atoms with Crippen LogP contribution >= 0.6 is 0 Å². The number of nitrogens with one attached hydrogen (secondary N) is 1. The van der Waals surface area contributed by atoms with E-state index >= 15 is 0 Å². The van der Waals surface area contributed by atoms with Crippen LogP contribution in [0, 0.1) is 0 Å². The van der Waals surface area contributed by atoms with E-state index in [9.17, 15) is 0 Å². The molecule has 2 aromatic heterocycles. The molecule has 0 atom stereocenters. The van der Waals surface area contributed by atoms with Gasteiger partial charge in [-0.25, -0.2) is 4.98 Å². The number of ether oxygens (including phenoxy) is 3. The predicted octanol–water partition coefficient (Wildman–Crippen LogP) is 3.87. The SMILES string of the molecule is Nc1c(Nc2ccc3c(c2)OCO3)ncnc1Oc1cccc2cccnc12. The summed E-state index contributed by atoms with van der Waals surface area (Å²) in [5.74, 6) is 2.61. The number of rotatable bonds is 4. The van der Waals surface area contributed by atoms with Crippen molar-refractivity contribution in [3.63, 3.8) is 0 Å². The smallest absolute Gasteiger partial charge is 0.248 e. The van der Waals surface area contributed by atoms with Crippen LogP contribution in [0.15, 0.2) is 61.1 Å². The highest BCUT2D eigenvalue weighted by Crippen LogP contribution is 2.37. The molecule has 1 aliphatic heterocycles. The summed E-state index contributed by atoms with van der Waals surface area (Å²) in [6.45, 7) is 0.214. The van der Waals surface area contributed by atoms with Crippen LogP contribution in [0.5, 0.6) is 23.1 Å². The van der Waals surface area contributed by atoms with Crippen LogP contribution in [-0.2, 0) is 0 Å². The number of fused-ring (bicyclic) bond motifs is 2. The number of anilines is 3. The standard InChI is InChI=1S/C20H15N5O3/c21-17-19(25-13-6-7-14-16(9-13)27-11-26-14)23-10-24-20(17)28-15-5-1-3-12-4-2-8-22-18(12)15/h1-10H,11,21H2,(H,23,24,25). The van der Waals surface area contributed by atoms with Crippen LogP contribution in [0.25, 0.3) is 10.9 Å². The quantitative estimate of drug-likeness (QED) is 0.555. The maximum Gasteiger partial charge on any atom is 0.248 e. The van der Waals surface area contributed by atoms with Crippen molar-refractivity contribution in [2.75, 3.05) is 17.8 Å². The summed E-state index contributed by atoms with van der Waals surface area (Å²) in [4.78, 5) is 12.8. The summed E-state index contributed by atoms with van der Waals surface area (Å²) in [5.41, 5.74) is 8.02. The van der Waals surface area contributed by atoms with Crippen LogP contribution in [0.4, 0.5) is 17.2 Å². The third-order valence-corrected chi connectivity index (χ3v) is 4.28. The maximum absolute atomic E-state index is 6.25. The van der Waals surface area contributed by atoms with E-state index < -0.39 is 0 Å². The van der Waals surface area contributed by atoms with Crippen LogP contribution in [0.3, 0.4) is 0 Å². The Morgan fingerprint density at radius 2 is 1.86 bits per heavy atom. The number of nitrogen functional groups attached to an aromatic ring is 1. The van der Waals surface area contributed by atoms with Crippen molar-refractivity contribution in [2.24, 2.45) is 0 Å². The highest BCUT2D eigenvalue weighted by molar-refractivity contribution is 5.85. The third kappa shape index (κ3) is 2.86. The second kappa shape index (κ2) is 6.58. The zero-order chi connectivity index (χ0) is 18.9. The Balaban J connectivity index is 1.45. The molecule has 0 amide bonds. The molecule has 2 aromatic carbocycles. The predicted molar refractivity (Wildman–Crippen MR) is 104 cm³/mol. The number of benzene rings is 2. The molecule has 0 aliphatic carbocycles.